The molecule has 0 fully saturated rings. The van der Waals surface area contributed by atoms with Crippen molar-refractivity contribution in [2.24, 2.45) is 4.99 Å². The number of hydrogen-bond acceptors (Lipinski definition) is 10. The molecule has 10 nitrogen and oxygen atoms in total. The molecule has 1 aliphatic rings. The van der Waals surface area contributed by atoms with Crippen LogP contribution in [0.5, 0.6) is 11.5 Å². The topological polar surface area (TPSA) is 130 Å². The van der Waals surface area contributed by atoms with Crippen molar-refractivity contribution in [1.82, 2.24) is 0 Å². The lowest BCUT2D eigenvalue weighted by atomic mass is 10.1. The number of nitro benzene ring substituents is 1. The predicted octanol–water partition coefficient (Wildman–Crippen LogP) is 6.02. The highest BCUT2D eigenvalue weighted by Crippen LogP contribution is 2.39. The molecule has 3 heterocycles. The number of hydrogen-bond donors (Lipinski definition) is 0. The van der Waals surface area contributed by atoms with E-state index in [2.05, 4.69) is 4.99 Å². The molecule has 0 amide bonds. The molecule has 0 spiro atoms. The maximum absolute atomic E-state index is 12.5. The molecule has 2 aromatic heterocycles. The Bertz CT molecular complexity index is 1620. The summed E-state index contributed by atoms with van der Waals surface area (Å²) in [5.74, 6) is -0.883. The Morgan fingerprint density at radius 2 is 2.05 bits per heavy atom. The van der Waals surface area contributed by atoms with Crippen molar-refractivity contribution in [3.05, 3.63) is 91.8 Å². The van der Waals surface area contributed by atoms with Crippen LogP contribution in [0.25, 0.3) is 16.2 Å². The van der Waals surface area contributed by atoms with Crippen molar-refractivity contribution in [1.29, 1.82) is 0 Å². The van der Waals surface area contributed by atoms with Crippen LogP contribution in [0.2, 0.25) is 5.02 Å². The van der Waals surface area contributed by atoms with Gasteiger partial charge in [0.25, 0.3) is 5.69 Å². The van der Waals surface area contributed by atoms with Gasteiger partial charge in [-0.15, -0.1) is 11.3 Å². The highest BCUT2D eigenvalue weighted by molar-refractivity contribution is 7.21. The summed E-state index contributed by atoms with van der Waals surface area (Å²) < 4.78 is 21.9. The molecule has 0 saturated heterocycles. The number of halogens is 1. The Morgan fingerprint density at radius 3 is 2.78 bits per heavy atom. The summed E-state index contributed by atoms with van der Waals surface area (Å²) in [7, 11) is 0. The fraction of sp³-hybridized carbons (Fsp3) is 0.0800. The van der Waals surface area contributed by atoms with Crippen molar-refractivity contribution >= 4 is 62.6 Å². The molecule has 0 bridgehead atoms. The lowest BCUT2D eigenvalue weighted by Gasteiger charge is -2.10. The van der Waals surface area contributed by atoms with E-state index in [0.29, 0.717) is 27.1 Å². The van der Waals surface area contributed by atoms with Gasteiger partial charge in [-0.1, -0.05) is 17.7 Å². The van der Waals surface area contributed by atoms with Crippen LogP contribution < -0.4 is 9.47 Å². The Labute approximate surface area is 217 Å². The largest absolute Gasteiger partial charge is 0.490 e. The summed E-state index contributed by atoms with van der Waals surface area (Å²) in [6.45, 7) is 2.08. The second-order valence-corrected chi connectivity index (χ2v) is 8.95. The molecule has 2 aromatic carbocycles. The first-order valence-electron chi connectivity index (χ1n) is 10.8. The van der Waals surface area contributed by atoms with Crippen molar-refractivity contribution < 1.29 is 33.1 Å². The fourth-order valence-electron chi connectivity index (χ4n) is 3.48. The number of benzene rings is 2. The molecular weight excluding hydrogens is 524 g/mol. The van der Waals surface area contributed by atoms with Gasteiger partial charge in [-0.25, -0.2) is 14.6 Å². The highest BCUT2D eigenvalue weighted by Gasteiger charge is 2.28. The third-order valence-corrected chi connectivity index (χ3v) is 6.78. The number of thiophene rings is 1. The van der Waals surface area contributed by atoms with E-state index in [1.165, 1.54) is 36.6 Å². The van der Waals surface area contributed by atoms with Crippen LogP contribution in [-0.4, -0.2) is 29.4 Å². The maximum atomic E-state index is 12.5. The van der Waals surface area contributed by atoms with Crippen LogP contribution in [0.3, 0.4) is 0 Å². The zero-order valence-electron chi connectivity index (χ0n) is 18.9. The van der Waals surface area contributed by atoms with E-state index >= 15 is 0 Å². The molecule has 12 heteroatoms. The van der Waals surface area contributed by atoms with Crippen molar-refractivity contribution in [2.45, 2.75) is 6.92 Å². The molecule has 4 aromatic rings. The zero-order chi connectivity index (χ0) is 26.1. The van der Waals surface area contributed by atoms with Gasteiger partial charge in [0.15, 0.2) is 17.2 Å². The number of non-ortho nitro benzene ring substituents is 1. The minimum atomic E-state index is -0.694. The zero-order valence-corrected chi connectivity index (χ0v) is 20.5. The number of nitrogens with zero attached hydrogens (tertiary/aromatic N) is 2. The molecule has 37 heavy (non-hydrogen) atoms. The van der Waals surface area contributed by atoms with Gasteiger partial charge in [0.1, 0.15) is 4.88 Å². The van der Waals surface area contributed by atoms with Crippen molar-refractivity contribution in [3.8, 4) is 11.5 Å². The number of carbonyl (C=O) groups excluding carboxylic acids is 2. The standard InChI is InChI=1S/C25H15ClN2O8S/c1-2-33-19-11-13(5-8-17(19)35-25(30)18-4-3-9-34-18)10-16-24(29)36-23(27-16)22-21(26)15-7-6-14(28(31)32)12-20(15)37-22/h3-12H,2H2,1H3/b16-10+. The fourth-order valence-corrected chi connectivity index (χ4v) is 4.95. The number of fused-ring (bicyclic) bond motifs is 1. The number of furan rings is 1. The predicted molar refractivity (Wildman–Crippen MR) is 135 cm³/mol. The molecule has 1 aliphatic heterocycles. The minimum absolute atomic E-state index is 0.000803. The van der Waals surface area contributed by atoms with Crippen LogP contribution in [-0.2, 0) is 9.53 Å². The van der Waals surface area contributed by atoms with E-state index in [4.69, 9.17) is 30.2 Å². The SMILES string of the molecule is CCOc1cc(/C=C2/N=C(c3sc4cc([N+](=O)[O-])ccc4c3Cl)OC2=O)ccc1OC(=O)c1ccco1. The molecule has 0 saturated carbocycles. The van der Waals surface area contributed by atoms with Crippen molar-refractivity contribution in [2.75, 3.05) is 6.61 Å². The lowest BCUT2D eigenvalue weighted by molar-refractivity contribution is -0.384. The van der Waals surface area contributed by atoms with E-state index < -0.39 is 16.9 Å². The van der Waals surface area contributed by atoms with Gasteiger partial charge in [0.05, 0.1) is 22.8 Å². The Hall–Kier alpha value is -4.48. The molecular formula is C25H15ClN2O8S. The molecule has 0 aliphatic carbocycles. The summed E-state index contributed by atoms with van der Waals surface area (Å²) in [5, 5.41) is 12.0. The lowest BCUT2D eigenvalue weighted by Crippen LogP contribution is -2.08. The van der Waals surface area contributed by atoms with Gasteiger partial charge < -0.3 is 18.6 Å². The van der Waals surface area contributed by atoms with Crippen LogP contribution in [0, 0.1) is 10.1 Å². The summed E-state index contributed by atoms with van der Waals surface area (Å²) in [4.78, 5) is 40.0. The Kier molecular flexibility index (Phi) is 6.47. The number of carbonyl (C=O) groups is 2. The summed E-state index contributed by atoms with van der Waals surface area (Å²) in [6.07, 6.45) is 2.85. The van der Waals surface area contributed by atoms with Gasteiger partial charge in [0, 0.05) is 22.2 Å². The average Bonchev–Trinajstić information content (AvgIpc) is 3.61. The second-order valence-electron chi connectivity index (χ2n) is 7.52. The van der Waals surface area contributed by atoms with E-state index in [1.807, 2.05) is 0 Å². The van der Waals surface area contributed by atoms with Crippen LogP contribution in [0.4, 0.5) is 5.69 Å². The quantitative estimate of drug-likeness (QED) is 0.0917. The third-order valence-electron chi connectivity index (χ3n) is 5.13. The highest BCUT2D eigenvalue weighted by atomic mass is 35.5. The van der Waals surface area contributed by atoms with Gasteiger partial charge in [-0.3, -0.25) is 10.1 Å². The second kappa shape index (κ2) is 9.88. The molecule has 5 rings (SSSR count). The average molecular weight is 539 g/mol. The number of esters is 2. The van der Waals surface area contributed by atoms with Gasteiger partial charge in [0.2, 0.25) is 11.7 Å². The molecule has 0 unspecified atom stereocenters. The first-order valence-corrected chi connectivity index (χ1v) is 12.0. The van der Waals surface area contributed by atoms with Gasteiger partial charge >= 0.3 is 11.9 Å². The van der Waals surface area contributed by atoms with Crippen LogP contribution in [0.15, 0.2) is 69.9 Å². The minimum Gasteiger partial charge on any atom is -0.490 e. The summed E-state index contributed by atoms with van der Waals surface area (Å²) >= 11 is 7.59. The molecule has 0 N–H and O–H groups in total. The van der Waals surface area contributed by atoms with Crippen molar-refractivity contribution in [3.63, 3.8) is 0 Å². The van der Waals surface area contributed by atoms with Crippen LogP contribution in [0.1, 0.15) is 27.9 Å². The summed E-state index contributed by atoms with van der Waals surface area (Å²) in [5.41, 5.74) is 0.472. The molecule has 0 radical (unpaired) electrons. The number of ether oxygens (including phenoxy) is 3. The van der Waals surface area contributed by atoms with Gasteiger partial charge in [-0.2, -0.15) is 0 Å². The first kappa shape index (κ1) is 24.2. The number of cyclic esters (lactones) is 1. The number of aliphatic imine (C=N–C) groups is 1. The van der Waals surface area contributed by atoms with E-state index in [-0.39, 0.29) is 39.6 Å². The van der Waals surface area contributed by atoms with E-state index in [9.17, 15) is 19.7 Å². The smallest absolute Gasteiger partial charge is 0.379 e. The van der Waals surface area contributed by atoms with Crippen LogP contribution >= 0.6 is 22.9 Å². The molecule has 186 valence electrons. The van der Waals surface area contributed by atoms with E-state index in [1.54, 1.807) is 31.2 Å². The number of nitro groups is 1. The monoisotopic (exact) mass is 538 g/mol. The summed E-state index contributed by atoms with van der Waals surface area (Å²) in [6, 6.07) is 12.1. The Balaban J connectivity index is 1.44. The normalized spacial score (nSPS) is 14.1. The third kappa shape index (κ3) is 4.82. The Morgan fingerprint density at radius 1 is 1.22 bits per heavy atom. The maximum Gasteiger partial charge on any atom is 0.379 e. The van der Waals surface area contributed by atoms with E-state index in [0.717, 1.165) is 11.3 Å². The molecule has 0 atom stereocenters. The number of rotatable bonds is 7. The van der Waals surface area contributed by atoms with Gasteiger partial charge in [-0.05, 0) is 48.9 Å². The first-order chi connectivity index (χ1) is 17.8.